The van der Waals surface area contributed by atoms with E-state index >= 15 is 0 Å². The predicted octanol–water partition coefficient (Wildman–Crippen LogP) is 1.26. The van der Waals surface area contributed by atoms with Crippen LogP contribution in [0.4, 0.5) is 18.0 Å². The number of carbonyl (C=O) groups excluding carboxylic acids is 1. The molecule has 0 saturated heterocycles. The van der Waals surface area contributed by atoms with Crippen molar-refractivity contribution in [3.05, 3.63) is 0 Å². The maximum absolute atomic E-state index is 11.6. The molecule has 0 spiro atoms. The summed E-state index contributed by atoms with van der Waals surface area (Å²) >= 11 is 0. The highest BCUT2D eigenvalue weighted by Gasteiger charge is 2.28. The topological polar surface area (TPSA) is 41.1 Å². The Bertz CT molecular complexity index is 189. The molecule has 2 amide bonds. The summed E-state index contributed by atoms with van der Waals surface area (Å²) in [5, 5.41) is 4.10. The van der Waals surface area contributed by atoms with Crippen molar-refractivity contribution in [1.82, 2.24) is 10.6 Å². The number of amides is 2. The third kappa shape index (κ3) is 5.32. The monoisotopic (exact) mass is 196 g/mol. The maximum atomic E-state index is 11.6. The predicted molar refractivity (Wildman–Crippen MR) is 40.2 cm³/mol. The normalized spacial score (nSPS) is 16.8. The summed E-state index contributed by atoms with van der Waals surface area (Å²) in [6.45, 7) is -0.798. The van der Waals surface area contributed by atoms with Gasteiger partial charge in [-0.25, -0.2) is 4.79 Å². The van der Waals surface area contributed by atoms with Gasteiger partial charge in [0.05, 0.1) is 0 Å². The van der Waals surface area contributed by atoms with Gasteiger partial charge in [-0.15, -0.1) is 0 Å². The third-order valence-corrected chi connectivity index (χ3v) is 1.70. The Hall–Kier alpha value is -0.940. The summed E-state index contributed by atoms with van der Waals surface area (Å²) in [7, 11) is 0. The molecule has 0 aromatic carbocycles. The molecule has 3 nitrogen and oxygen atoms in total. The van der Waals surface area contributed by atoms with Crippen molar-refractivity contribution in [2.75, 3.05) is 13.1 Å². The van der Waals surface area contributed by atoms with Crippen LogP contribution in [0.2, 0.25) is 0 Å². The fourth-order valence-electron chi connectivity index (χ4n) is 0.802. The van der Waals surface area contributed by atoms with Gasteiger partial charge in [0.1, 0.15) is 6.54 Å². The van der Waals surface area contributed by atoms with Crippen molar-refractivity contribution in [2.45, 2.75) is 19.0 Å². The van der Waals surface area contributed by atoms with Gasteiger partial charge in [0.25, 0.3) is 0 Å². The van der Waals surface area contributed by atoms with E-state index in [0.29, 0.717) is 12.5 Å². The highest BCUT2D eigenvalue weighted by molar-refractivity contribution is 5.73. The molecule has 76 valence electrons. The zero-order chi connectivity index (χ0) is 9.90. The third-order valence-electron chi connectivity index (χ3n) is 1.70. The number of halogens is 3. The zero-order valence-corrected chi connectivity index (χ0v) is 6.95. The second kappa shape index (κ2) is 3.85. The van der Waals surface area contributed by atoms with Crippen LogP contribution in [-0.4, -0.2) is 25.3 Å². The number of hydrogen-bond acceptors (Lipinski definition) is 1. The van der Waals surface area contributed by atoms with E-state index in [1.54, 1.807) is 5.32 Å². The Labute approximate surface area is 73.7 Å². The van der Waals surface area contributed by atoms with Crippen molar-refractivity contribution in [3.8, 4) is 0 Å². The van der Waals surface area contributed by atoms with Crippen LogP contribution in [0.5, 0.6) is 0 Å². The van der Waals surface area contributed by atoms with Crippen molar-refractivity contribution in [1.29, 1.82) is 0 Å². The average molecular weight is 196 g/mol. The average Bonchev–Trinajstić information content (AvgIpc) is 2.78. The minimum absolute atomic E-state index is 0.469. The first-order chi connectivity index (χ1) is 5.97. The molecule has 0 heterocycles. The number of nitrogens with one attached hydrogen (secondary N) is 2. The maximum Gasteiger partial charge on any atom is 0.405 e. The first kappa shape index (κ1) is 10.1. The second-order valence-electron chi connectivity index (χ2n) is 3.12. The lowest BCUT2D eigenvalue weighted by molar-refractivity contribution is -0.122. The van der Waals surface area contributed by atoms with Gasteiger partial charge >= 0.3 is 12.2 Å². The summed E-state index contributed by atoms with van der Waals surface area (Å²) in [4.78, 5) is 10.7. The SMILES string of the molecule is O=C(NCC1CC1)NCC(F)(F)F. The standard InChI is InChI=1S/C7H11F3N2O/c8-7(9,10)4-12-6(13)11-3-5-1-2-5/h5H,1-4H2,(H2,11,12,13). The minimum Gasteiger partial charge on any atom is -0.338 e. The molecule has 0 radical (unpaired) electrons. The van der Waals surface area contributed by atoms with Crippen molar-refractivity contribution < 1.29 is 18.0 Å². The fraction of sp³-hybridized carbons (Fsp3) is 0.857. The molecule has 1 saturated carbocycles. The summed E-state index contributed by atoms with van der Waals surface area (Å²) < 4.78 is 34.8. The van der Waals surface area contributed by atoms with Gasteiger partial charge < -0.3 is 10.6 Å². The number of hydrogen-bond donors (Lipinski definition) is 2. The van der Waals surface area contributed by atoms with E-state index in [0.717, 1.165) is 12.8 Å². The molecule has 0 aromatic heterocycles. The van der Waals surface area contributed by atoms with Crippen molar-refractivity contribution >= 4 is 6.03 Å². The highest BCUT2D eigenvalue weighted by atomic mass is 19.4. The summed E-state index contributed by atoms with van der Waals surface area (Å²) in [6, 6.07) is -0.746. The van der Waals surface area contributed by atoms with Crippen LogP contribution in [0.25, 0.3) is 0 Å². The molecule has 0 unspecified atom stereocenters. The highest BCUT2D eigenvalue weighted by Crippen LogP contribution is 2.27. The van der Waals surface area contributed by atoms with Gasteiger partial charge in [0.15, 0.2) is 0 Å². The first-order valence-corrected chi connectivity index (χ1v) is 4.06. The van der Waals surface area contributed by atoms with Gasteiger partial charge in [-0.2, -0.15) is 13.2 Å². The smallest absolute Gasteiger partial charge is 0.338 e. The Morgan fingerprint density at radius 2 is 1.92 bits per heavy atom. The lowest BCUT2D eigenvalue weighted by Gasteiger charge is -2.08. The number of urea groups is 1. The van der Waals surface area contributed by atoms with Gasteiger partial charge in [0.2, 0.25) is 0 Å². The Morgan fingerprint density at radius 3 is 2.38 bits per heavy atom. The first-order valence-electron chi connectivity index (χ1n) is 4.06. The number of rotatable bonds is 3. The molecule has 6 heteroatoms. The van der Waals surface area contributed by atoms with Crippen LogP contribution in [0.3, 0.4) is 0 Å². The van der Waals surface area contributed by atoms with Gasteiger partial charge in [-0.05, 0) is 18.8 Å². The van der Waals surface area contributed by atoms with E-state index in [1.165, 1.54) is 0 Å². The molecule has 1 rings (SSSR count). The van der Waals surface area contributed by atoms with Crippen LogP contribution in [-0.2, 0) is 0 Å². The van der Waals surface area contributed by atoms with Crippen LogP contribution < -0.4 is 10.6 Å². The van der Waals surface area contributed by atoms with Gasteiger partial charge in [-0.1, -0.05) is 0 Å². The van der Waals surface area contributed by atoms with E-state index in [-0.39, 0.29) is 0 Å². The van der Waals surface area contributed by atoms with E-state index in [2.05, 4.69) is 5.32 Å². The fourth-order valence-corrected chi connectivity index (χ4v) is 0.802. The van der Waals surface area contributed by atoms with Crippen LogP contribution in [0.1, 0.15) is 12.8 Å². The Kier molecular flexibility index (Phi) is 3.00. The minimum atomic E-state index is -4.34. The second-order valence-corrected chi connectivity index (χ2v) is 3.12. The van der Waals surface area contributed by atoms with Crippen LogP contribution in [0.15, 0.2) is 0 Å². The molecule has 13 heavy (non-hydrogen) atoms. The molecule has 0 aliphatic heterocycles. The van der Waals surface area contributed by atoms with Crippen LogP contribution >= 0.6 is 0 Å². The van der Waals surface area contributed by atoms with Gasteiger partial charge in [-0.3, -0.25) is 0 Å². The molecule has 1 aliphatic carbocycles. The quantitative estimate of drug-likeness (QED) is 0.701. The lowest BCUT2D eigenvalue weighted by atomic mass is 10.4. The zero-order valence-electron chi connectivity index (χ0n) is 6.95. The molecule has 0 atom stereocenters. The summed E-state index contributed by atoms with van der Waals surface area (Å²) in [5.74, 6) is 0.469. The van der Waals surface area contributed by atoms with Crippen LogP contribution in [0, 0.1) is 5.92 Å². The molecule has 1 fully saturated rings. The Balaban J connectivity index is 2.03. The van der Waals surface area contributed by atoms with E-state index in [4.69, 9.17) is 0 Å². The van der Waals surface area contributed by atoms with E-state index < -0.39 is 18.8 Å². The molecule has 2 N–H and O–H groups in total. The molecular formula is C7H11F3N2O. The number of alkyl halides is 3. The lowest BCUT2D eigenvalue weighted by Crippen LogP contribution is -2.41. The summed E-state index contributed by atoms with van der Waals surface area (Å²) in [6.07, 6.45) is -2.23. The molecule has 0 aromatic rings. The van der Waals surface area contributed by atoms with Crippen molar-refractivity contribution in [2.24, 2.45) is 5.92 Å². The number of carbonyl (C=O) groups is 1. The molecular weight excluding hydrogens is 185 g/mol. The van der Waals surface area contributed by atoms with E-state index in [1.807, 2.05) is 0 Å². The van der Waals surface area contributed by atoms with Crippen molar-refractivity contribution in [3.63, 3.8) is 0 Å². The molecule has 0 bridgehead atoms. The largest absolute Gasteiger partial charge is 0.405 e. The van der Waals surface area contributed by atoms with E-state index in [9.17, 15) is 18.0 Å². The molecule has 1 aliphatic rings. The summed E-state index contributed by atoms with van der Waals surface area (Å²) in [5.41, 5.74) is 0. The van der Waals surface area contributed by atoms with Gasteiger partial charge in [0, 0.05) is 6.54 Å². The Morgan fingerprint density at radius 1 is 1.31 bits per heavy atom.